The van der Waals surface area contributed by atoms with E-state index < -0.39 is 0 Å². The van der Waals surface area contributed by atoms with Gasteiger partial charge in [0.05, 0.1) is 0 Å². The highest BCUT2D eigenvalue weighted by Crippen LogP contribution is 1.93. The van der Waals surface area contributed by atoms with E-state index in [0.717, 1.165) is 18.8 Å². The van der Waals surface area contributed by atoms with Gasteiger partial charge < -0.3 is 10.6 Å². The van der Waals surface area contributed by atoms with E-state index in [0.29, 0.717) is 6.42 Å². The van der Waals surface area contributed by atoms with Gasteiger partial charge in [-0.05, 0) is 13.3 Å². The summed E-state index contributed by atoms with van der Waals surface area (Å²) in [6, 6.07) is 0. The molecule has 0 unspecified atom stereocenters. The Morgan fingerprint density at radius 3 is 2.73 bits per heavy atom. The van der Waals surface area contributed by atoms with Crippen molar-refractivity contribution in [1.29, 1.82) is 0 Å². The molecule has 0 saturated heterocycles. The van der Waals surface area contributed by atoms with Crippen LogP contribution in [0, 0.1) is 0 Å². The fourth-order valence-electron chi connectivity index (χ4n) is 0.610. The normalized spacial score (nSPS) is 9.64. The van der Waals surface area contributed by atoms with E-state index in [1.807, 2.05) is 13.3 Å². The van der Waals surface area contributed by atoms with Gasteiger partial charge >= 0.3 is 0 Å². The van der Waals surface area contributed by atoms with Gasteiger partial charge in [0.25, 0.3) is 0 Å². The maximum absolute atomic E-state index is 10.9. The second kappa shape index (κ2) is 7.88. The van der Waals surface area contributed by atoms with Gasteiger partial charge in [-0.15, -0.1) is 0 Å². The van der Waals surface area contributed by atoms with Crippen LogP contribution in [0.2, 0.25) is 0 Å². The van der Waals surface area contributed by atoms with Crippen LogP contribution in [0.4, 0.5) is 0 Å². The number of thioether (sulfide) groups is 1. The Labute approximate surface area is 72.3 Å². The molecule has 0 radical (unpaired) electrons. The van der Waals surface area contributed by atoms with Crippen LogP contribution in [-0.2, 0) is 4.79 Å². The van der Waals surface area contributed by atoms with Crippen LogP contribution >= 0.6 is 11.8 Å². The van der Waals surface area contributed by atoms with E-state index in [-0.39, 0.29) is 5.91 Å². The van der Waals surface area contributed by atoms with Crippen LogP contribution in [0.3, 0.4) is 0 Å². The van der Waals surface area contributed by atoms with Crippen molar-refractivity contribution in [1.82, 2.24) is 10.6 Å². The molecule has 0 heterocycles. The summed E-state index contributed by atoms with van der Waals surface area (Å²) in [6.07, 6.45) is 2.63. The summed E-state index contributed by atoms with van der Waals surface area (Å²) in [4.78, 5) is 10.9. The van der Waals surface area contributed by atoms with Gasteiger partial charge in [-0.2, -0.15) is 11.8 Å². The van der Waals surface area contributed by atoms with Crippen LogP contribution in [-0.4, -0.2) is 38.1 Å². The topological polar surface area (TPSA) is 41.1 Å². The third-order valence-corrected chi connectivity index (χ3v) is 1.84. The molecule has 0 aliphatic rings. The first-order chi connectivity index (χ1) is 5.31. The monoisotopic (exact) mass is 176 g/mol. The fraction of sp³-hybridized carbons (Fsp3) is 0.857. The van der Waals surface area contributed by atoms with Gasteiger partial charge in [-0.1, -0.05) is 0 Å². The first-order valence-electron chi connectivity index (χ1n) is 3.71. The Bertz CT molecular complexity index is 109. The Morgan fingerprint density at radius 1 is 1.45 bits per heavy atom. The molecule has 2 N–H and O–H groups in total. The molecule has 1 amide bonds. The average Bonchev–Trinajstić information content (AvgIpc) is 2.01. The number of hydrogen-bond acceptors (Lipinski definition) is 3. The quantitative estimate of drug-likeness (QED) is 0.563. The van der Waals surface area contributed by atoms with Gasteiger partial charge in [-0.25, -0.2) is 0 Å². The van der Waals surface area contributed by atoms with Gasteiger partial charge in [0.2, 0.25) is 5.91 Å². The highest BCUT2D eigenvalue weighted by Gasteiger charge is 1.97. The summed E-state index contributed by atoms with van der Waals surface area (Å²) in [5.41, 5.74) is 0. The molecular formula is C7H16N2OS. The van der Waals surface area contributed by atoms with Gasteiger partial charge in [-0.3, -0.25) is 4.79 Å². The molecule has 66 valence electrons. The van der Waals surface area contributed by atoms with Crippen LogP contribution in [0.5, 0.6) is 0 Å². The number of rotatable bonds is 6. The number of nitrogens with one attached hydrogen (secondary N) is 2. The molecule has 3 nitrogen and oxygen atoms in total. The van der Waals surface area contributed by atoms with Crippen molar-refractivity contribution >= 4 is 17.7 Å². The number of likely N-dealkylation sites (N-methyl/N-ethyl adjacent to an activating group) is 1. The van der Waals surface area contributed by atoms with E-state index >= 15 is 0 Å². The maximum atomic E-state index is 10.9. The molecule has 0 rings (SSSR count). The zero-order chi connectivity index (χ0) is 8.53. The summed E-state index contributed by atoms with van der Waals surface area (Å²) in [5.74, 6) is 1.06. The van der Waals surface area contributed by atoms with Crippen molar-refractivity contribution in [3.63, 3.8) is 0 Å². The highest BCUT2D eigenvalue weighted by molar-refractivity contribution is 7.98. The van der Waals surface area contributed by atoms with Crippen LogP contribution < -0.4 is 10.6 Å². The average molecular weight is 176 g/mol. The number of carbonyl (C=O) groups is 1. The van der Waals surface area contributed by atoms with Crippen molar-refractivity contribution in [3.8, 4) is 0 Å². The van der Waals surface area contributed by atoms with Crippen LogP contribution in [0.15, 0.2) is 0 Å². The third-order valence-electron chi connectivity index (χ3n) is 1.23. The zero-order valence-corrected chi connectivity index (χ0v) is 7.96. The second-order valence-electron chi connectivity index (χ2n) is 2.20. The largest absolute Gasteiger partial charge is 0.355 e. The molecule has 4 heteroatoms. The van der Waals surface area contributed by atoms with Gasteiger partial charge in [0.1, 0.15) is 0 Å². The smallest absolute Gasteiger partial charge is 0.220 e. The summed E-state index contributed by atoms with van der Waals surface area (Å²) in [6.45, 7) is 1.56. The fourth-order valence-corrected chi connectivity index (χ4v) is 1.000. The van der Waals surface area contributed by atoms with E-state index in [1.165, 1.54) is 0 Å². The van der Waals surface area contributed by atoms with E-state index in [1.54, 1.807) is 11.8 Å². The Morgan fingerprint density at radius 2 is 2.18 bits per heavy atom. The molecule has 0 aromatic rings. The van der Waals surface area contributed by atoms with Crippen molar-refractivity contribution in [3.05, 3.63) is 0 Å². The summed E-state index contributed by atoms with van der Waals surface area (Å²) >= 11 is 1.69. The molecular weight excluding hydrogens is 160 g/mol. The van der Waals surface area contributed by atoms with Crippen molar-refractivity contribution in [2.75, 3.05) is 32.1 Å². The molecule has 0 aromatic carbocycles. The van der Waals surface area contributed by atoms with Crippen LogP contribution in [0.1, 0.15) is 6.42 Å². The lowest BCUT2D eigenvalue weighted by molar-refractivity contribution is -0.120. The predicted octanol–water partition coefficient (Wildman–Crippen LogP) is 0.0751. The molecule has 0 aliphatic carbocycles. The minimum absolute atomic E-state index is 0.148. The number of carbonyl (C=O) groups excluding carboxylic acids is 1. The number of amides is 1. The van der Waals surface area contributed by atoms with E-state index in [4.69, 9.17) is 0 Å². The third kappa shape index (κ3) is 7.68. The molecule has 0 spiro atoms. The predicted molar refractivity (Wildman–Crippen MR) is 49.9 cm³/mol. The minimum atomic E-state index is 0.148. The summed E-state index contributed by atoms with van der Waals surface area (Å²) < 4.78 is 0. The standard InChI is InChI=1S/C7H16N2OS/c1-8-4-5-9-7(10)3-6-11-2/h8H,3-6H2,1-2H3,(H,9,10). The number of hydrogen-bond donors (Lipinski definition) is 2. The van der Waals surface area contributed by atoms with Crippen molar-refractivity contribution in [2.24, 2.45) is 0 Å². The first-order valence-corrected chi connectivity index (χ1v) is 5.11. The second-order valence-corrected chi connectivity index (χ2v) is 3.18. The first kappa shape index (κ1) is 10.8. The maximum Gasteiger partial charge on any atom is 0.220 e. The highest BCUT2D eigenvalue weighted by atomic mass is 32.2. The Hall–Kier alpha value is -0.220. The summed E-state index contributed by atoms with van der Waals surface area (Å²) in [5, 5.41) is 5.76. The lowest BCUT2D eigenvalue weighted by Gasteiger charge is -2.02. The Kier molecular flexibility index (Phi) is 7.72. The van der Waals surface area contributed by atoms with E-state index in [2.05, 4.69) is 10.6 Å². The SMILES string of the molecule is CNCCNC(=O)CCSC. The Balaban J connectivity index is 3.09. The van der Waals surface area contributed by atoms with Gasteiger partial charge in [0, 0.05) is 25.3 Å². The zero-order valence-electron chi connectivity index (χ0n) is 7.14. The molecule has 0 atom stereocenters. The molecule has 0 saturated carbocycles. The molecule has 0 aliphatic heterocycles. The van der Waals surface area contributed by atoms with Crippen molar-refractivity contribution in [2.45, 2.75) is 6.42 Å². The molecule has 0 bridgehead atoms. The summed E-state index contributed by atoms with van der Waals surface area (Å²) in [7, 11) is 1.87. The lowest BCUT2D eigenvalue weighted by Crippen LogP contribution is -2.30. The lowest BCUT2D eigenvalue weighted by atomic mass is 10.4. The minimum Gasteiger partial charge on any atom is -0.355 e. The van der Waals surface area contributed by atoms with Crippen molar-refractivity contribution < 1.29 is 4.79 Å². The van der Waals surface area contributed by atoms with Crippen LogP contribution in [0.25, 0.3) is 0 Å². The molecule has 11 heavy (non-hydrogen) atoms. The van der Waals surface area contributed by atoms with Gasteiger partial charge in [0.15, 0.2) is 0 Å². The molecule has 0 aromatic heterocycles. The van der Waals surface area contributed by atoms with E-state index in [9.17, 15) is 4.79 Å². The molecule has 0 fully saturated rings.